The maximum absolute atomic E-state index is 13.1. The molecule has 1 unspecified atom stereocenters. The van der Waals surface area contributed by atoms with Gasteiger partial charge in [0.1, 0.15) is 0 Å². The molecular formula is C18H23F3N2O. The van der Waals surface area contributed by atoms with E-state index in [4.69, 9.17) is 0 Å². The second-order valence-corrected chi connectivity index (χ2v) is 7.31. The van der Waals surface area contributed by atoms with Crippen LogP contribution in [-0.2, 0) is 4.79 Å². The molecule has 1 aromatic carbocycles. The van der Waals surface area contributed by atoms with Crippen LogP contribution >= 0.6 is 0 Å². The SMILES string of the molecule is CC1(CN(C(=O)C(F)(F)F)[C@@H]2CC2c2ccccc2)CCNCC1. The number of halogens is 3. The first-order chi connectivity index (χ1) is 11.3. The van der Waals surface area contributed by atoms with Crippen molar-refractivity contribution in [3.8, 4) is 0 Å². The van der Waals surface area contributed by atoms with Crippen LogP contribution < -0.4 is 5.32 Å². The van der Waals surface area contributed by atoms with Gasteiger partial charge in [-0.25, -0.2) is 0 Å². The molecule has 3 nitrogen and oxygen atoms in total. The fourth-order valence-corrected chi connectivity index (χ4v) is 3.69. The normalized spacial score (nSPS) is 26.0. The summed E-state index contributed by atoms with van der Waals surface area (Å²) in [5.74, 6) is -1.67. The Hall–Kier alpha value is -1.56. The van der Waals surface area contributed by atoms with Crippen molar-refractivity contribution in [2.75, 3.05) is 19.6 Å². The molecule has 2 aliphatic rings. The second-order valence-electron chi connectivity index (χ2n) is 7.31. The van der Waals surface area contributed by atoms with Gasteiger partial charge in [0, 0.05) is 18.5 Å². The van der Waals surface area contributed by atoms with Crippen LogP contribution in [0.4, 0.5) is 13.2 Å². The van der Waals surface area contributed by atoms with E-state index in [0.717, 1.165) is 36.4 Å². The van der Waals surface area contributed by atoms with Gasteiger partial charge in [-0.1, -0.05) is 37.3 Å². The van der Waals surface area contributed by atoms with Crippen molar-refractivity contribution in [3.05, 3.63) is 35.9 Å². The van der Waals surface area contributed by atoms with Crippen molar-refractivity contribution < 1.29 is 18.0 Å². The minimum atomic E-state index is -4.81. The maximum Gasteiger partial charge on any atom is 0.471 e. The number of amides is 1. The van der Waals surface area contributed by atoms with Gasteiger partial charge in [0.15, 0.2) is 0 Å². The van der Waals surface area contributed by atoms with E-state index >= 15 is 0 Å². The van der Waals surface area contributed by atoms with Gasteiger partial charge < -0.3 is 10.2 Å². The molecule has 0 bridgehead atoms. The van der Waals surface area contributed by atoms with Gasteiger partial charge >= 0.3 is 12.1 Å². The molecule has 1 aliphatic heterocycles. The number of benzene rings is 1. The minimum absolute atomic E-state index is 0.0165. The highest BCUT2D eigenvalue weighted by Gasteiger charge is 2.53. The Labute approximate surface area is 140 Å². The quantitative estimate of drug-likeness (QED) is 0.912. The highest BCUT2D eigenvalue weighted by Crippen LogP contribution is 2.47. The standard InChI is InChI=1S/C18H23F3N2O/c1-17(7-9-22-10-8-17)12-23(16(24)18(19,20)21)15-11-14(15)13-5-3-2-4-6-13/h2-6,14-15,22H,7-12H2,1H3/t14?,15-/m1/s1. The number of hydrogen-bond acceptors (Lipinski definition) is 2. The third-order valence-corrected chi connectivity index (χ3v) is 5.25. The Balaban J connectivity index is 1.77. The Kier molecular flexibility index (Phi) is 4.60. The van der Waals surface area contributed by atoms with Gasteiger partial charge in [-0.3, -0.25) is 4.79 Å². The van der Waals surface area contributed by atoms with E-state index < -0.39 is 12.1 Å². The molecule has 2 fully saturated rings. The zero-order chi connectivity index (χ0) is 17.4. The molecule has 3 rings (SSSR count). The monoisotopic (exact) mass is 340 g/mol. The highest BCUT2D eigenvalue weighted by molar-refractivity contribution is 5.82. The number of hydrogen-bond donors (Lipinski definition) is 1. The first-order valence-corrected chi connectivity index (χ1v) is 8.44. The number of alkyl halides is 3. The average molecular weight is 340 g/mol. The summed E-state index contributed by atoms with van der Waals surface area (Å²) in [6.07, 6.45) is -2.62. The van der Waals surface area contributed by atoms with Gasteiger partial charge in [-0.2, -0.15) is 13.2 Å². The minimum Gasteiger partial charge on any atom is -0.331 e. The molecule has 1 aliphatic carbocycles. The number of nitrogens with zero attached hydrogens (tertiary/aromatic N) is 1. The first kappa shape index (κ1) is 17.3. The maximum atomic E-state index is 13.1. The molecule has 6 heteroatoms. The second kappa shape index (κ2) is 6.39. The Morgan fingerprint density at radius 2 is 1.88 bits per heavy atom. The van der Waals surface area contributed by atoms with Gasteiger partial charge in [-0.05, 0) is 43.3 Å². The largest absolute Gasteiger partial charge is 0.471 e. The van der Waals surface area contributed by atoms with Crippen molar-refractivity contribution >= 4 is 5.91 Å². The van der Waals surface area contributed by atoms with E-state index in [1.54, 1.807) is 0 Å². The molecule has 1 amide bonds. The molecule has 0 aromatic heterocycles. The van der Waals surface area contributed by atoms with E-state index in [9.17, 15) is 18.0 Å². The molecule has 1 heterocycles. The summed E-state index contributed by atoms with van der Waals surface area (Å²) in [6.45, 7) is 3.75. The number of rotatable bonds is 4. The van der Waals surface area contributed by atoms with E-state index in [0.29, 0.717) is 6.42 Å². The smallest absolute Gasteiger partial charge is 0.331 e. The Bertz CT molecular complexity index is 582. The summed E-state index contributed by atoms with van der Waals surface area (Å²) in [7, 11) is 0. The van der Waals surface area contributed by atoms with Crippen molar-refractivity contribution in [2.24, 2.45) is 5.41 Å². The lowest BCUT2D eigenvalue weighted by atomic mass is 9.80. The number of nitrogens with one attached hydrogen (secondary N) is 1. The molecule has 1 saturated heterocycles. The van der Waals surface area contributed by atoms with Crippen molar-refractivity contribution in [2.45, 2.75) is 44.3 Å². The van der Waals surface area contributed by atoms with Crippen molar-refractivity contribution in [1.82, 2.24) is 10.2 Å². The van der Waals surface area contributed by atoms with Gasteiger partial charge in [0.2, 0.25) is 0 Å². The van der Waals surface area contributed by atoms with Crippen LogP contribution in [-0.4, -0.2) is 42.7 Å². The zero-order valence-electron chi connectivity index (χ0n) is 13.8. The van der Waals surface area contributed by atoms with Crippen LogP contribution in [0, 0.1) is 5.41 Å². The van der Waals surface area contributed by atoms with Gasteiger partial charge in [0.25, 0.3) is 0 Å². The van der Waals surface area contributed by atoms with Crippen molar-refractivity contribution in [1.29, 1.82) is 0 Å². The molecule has 24 heavy (non-hydrogen) atoms. The molecule has 1 saturated carbocycles. The molecule has 0 radical (unpaired) electrons. The summed E-state index contributed by atoms with van der Waals surface area (Å²) in [4.78, 5) is 13.1. The molecule has 1 N–H and O–H groups in total. The van der Waals surface area contributed by atoms with E-state index in [1.165, 1.54) is 0 Å². The summed E-state index contributed by atoms with van der Waals surface area (Å²) in [6, 6.07) is 9.16. The van der Waals surface area contributed by atoms with E-state index in [-0.39, 0.29) is 23.9 Å². The third-order valence-electron chi connectivity index (χ3n) is 5.25. The highest BCUT2D eigenvalue weighted by atomic mass is 19.4. The zero-order valence-corrected chi connectivity index (χ0v) is 13.8. The summed E-state index contributed by atoms with van der Waals surface area (Å²) < 4.78 is 39.3. The lowest BCUT2D eigenvalue weighted by Crippen LogP contribution is -2.50. The average Bonchev–Trinajstić information content (AvgIpc) is 3.33. The predicted molar refractivity (Wildman–Crippen MR) is 85.6 cm³/mol. The Morgan fingerprint density at radius 3 is 2.46 bits per heavy atom. The molecule has 0 spiro atoms. The summed E-state index contributed by atoms with van der Waals surface area (Å²) in [5, 5.41) is 3.23. The lowest BCUT2D eigenvalue weighted by molar-refractivity contribution is -0.187. The van der Waals surface area contributed by atoms with Crippen LogP contribution in [0.1, 0.15) is 37.7 Å². The van der Waals surface area contributed by atoms with Crippen LogP contribution in [0.15, 0.2) is 30.3 Å². The van der Waals surface area contributed by atoms with Crippen molar-refractivity contribution in [3.63, 3.8) is 0 Å². The molecule has 1 aromatic rings. The van der Waals surface area contributed by atoms with Crippen LogP contribution in [0.2, 0.25) is 0 Å². The van der Waals surface area contributed by atoms with Gasteiger partial charge in [-0.15, -0.1) is 0 Å². The topological polar surface area (TPSA) is 32.3 Å². The van der Waals surface area contributed by atoms with Crippen LogP contribution in [0.5, 0.6) is 0 Å². The lowest BCUT2D eigenvalue weighted by Gasteiger charge is -2.39. The summed E-state index contributed by atoms with van der Waals surface area (Å²) in [5.41, 5.74) is 0.758. The first-order valence-electron chi connectivity index (χ1n) is 8.44. The van der Waals surface area contributed by atoms with E-state index in [1.807, 2.05) is 37.3 Å². The fourth-order valence-electron chi connectivity index (χ4n) is 3.69. The van der Waals surface area contributed by atoms with E-state index in [2.05, 4.69) is 5.32 Å². The molecule has 2 atom stereocenters. The predicted octanol–water partition coefficient (Wildman–Crippen LogP) is 3.32. The van der Waals surface area contributed by atoms with Crippen LogP contribution in [0.25, 0.3) is 0 Å². The molecular weight excluding hydrogens is 317 g/mol. The number of carbonyl (C=O) groups is 1. The Morgan fingerprint density at radius 1 is 1.25 bits per heavy atom. The molecule has 132 valence electrons. The van der Waals surface area contributed by atoms with Gasteiger partial charge in [0.05, 0.1) is 0 Å². The summed E-state index contributed by atoms with van der Waals surface area (Å²) >= 11 is 0. The van der Waals surface area contributed by atoms with Crippen LogP contribution in [0.3, 0.4) is 0 Å². The fraction of sp³-hybridized carbons (Fsp3) is 0.611. The number of carbonyl (C=O) groups excluding carboxylic acids is 1. The number of piperidine rings is 1. The third kappa shape index (κ3) is 3.74.